The number of H-pyrrole nitrogens is 1. The van der Waals surface area contributed by atoms with Gasteiger partial charge in [0.15, 0.2) is 5.43 Å². The summed E-state index contributed by atoms with van der Waals surface area (Å²) in [5.41, 5.74) is 8.71. The van der Waals surface area contributed by atoms with Crippen molar-refractivity contribution < 1.29 is 4.79 Å². The summed E-state index contributed by atoms with van der Waals surface area (Å²) in [7, 11) is 1.67. The number of pyridine rings is 1. The maximum Gasteiger partial charge on any atom is 0.270 e. The van der Waals surface area contributed by atoms with Gasteiger partial charge < -0.3 is 26.3 Å². The van der Waals surface area contributed by atoms with Crippen LogP contribution >= 0.6 is 0 Å². The summed E-state index contributed by atoms with van der Waals surface area (Å²) < 4.78 is 0. The number of piperidine rings is 1. The molecular weight excluding hydrogens is 378 g/mol. The molecule has 0 radical (unpaired) electrons. The Morgan fingerprint density at radius 3 is 2.63 bits per heavy atom. The molecule has 2 aromatic rings. The van der Waals surface area contributed by atoms with E-state index in [-0.39, 0.29) is 28.3 Å². The second-order valence-corrected chi connectivity index (χ2v) is 8.13. The summed E-state index contributed by atoms with van der Waals surface area (Å²) in [6.45, 7) is 5.58. The summed E-state index contributed by atoms with van der Waals surface area (Å²) >= 11 is 0. The predicted molar refractivity (Wildman–Crippen MR) is 120 cm³/mol. The highest BCUT2D eigenvalue weighted by atomic mass is 16.2. The first-order valence-electron chi connectivity index (χ1n) is 10.4. The summed E-state index contributed by atoms with van der Waals surface area (Å²) in [5, 5.41) is 10.7. The second kappa shape index (κ2) is 9.26. The number of aromatic amines is 1. The SMILES string of the molecule is CNc1[nH]c(C(=O)N2CCC(Cc3ccccc3CN)[C@H](C)C2)cc(=O)c1C(C)=N. The van der Waals surface area contributed by atoms with Gasteiger partial charge in [-0.3, -0.25) is 9.59 Å². The zero-order chi connectivity index (χ0) is 21.8. The zero-order valence-electron chi connectivity index (χ0n) is 17.9. The summed E-state index contributed by atoms with van der Waals surface area (Å²) in [5.74, 6) is 1.05. The molecule has 1 amide bonds. The van der Waals surface area contributed by atoms with Crippen LogP contribution in [-0.4, -0.2) is 41.6 Å². The van der Waals surface area contributed by atoms with Crippen molar-refractivity contribution in [2.45, 2.75) is 33.2 Å². The number of rotatable bonds is 6. The first-order valence-corrected chi connectivity index (χ1v) is 10.4. The molecule has 2 heterocycles. The van der Waals surface area contributed by atoms with Crippen molar-refractivity contribution >= 4 is 17.4 Å². The van der Waals surface area contributed by atoms with E-state index in [9.17, 15) is 9.59 Å². The van der Waals surface area contributed by atoms with Crippen molar-refractivity contribution in [1.29, 1.82) is 5.41 Å². The first kappa shape index (κ1) is 21.8. The monoisotopic (exact) mass is 409 g/mol. The van der Waals surface area contributed by atoms with Gasteiger partial charge in [-0.05, 0) is 42.7 Å². The van der Waals surface area contributed by atoms with Crippen LogP contribution in [0.3, 0.4) is 0 Å². The third-order valence-electron chi connectivity index (χ3n) is 6.08. The number of anilines is 1. The number of nitrogens with zero attached hydrogens (tertiary/aromatic N) is 1. The first-order chi connectivity index (χ1) is 14.3. The Hall–Kier alpha value is -2.93. The van der Waals surface area contributed by atoms with Crippen molar-refractivity contribution in [1.82, 2.24) is 9.88 Å². The maximum atomic E-state index is 13.1. The maximum absolute atomic E-state index is 13.1. The quantitative estimate of drug-likeness (QED) is 0.549. The molecule has 0 bridgehead atoms. The minimum Gasteiger partial charge on any atom is -0.374 e. The molecule has 0 aliphatic carbocycles. The van der Waals surface area contributed by atoms with Crippen LogP contribution in [0, 0.1) is 17.2 Å². The van der Waals surface area contributed by atoms with Crippen molar-refractivity contribution in [3.8, 4) is 0 Å². The fourth-order valence-corrected chi connectivity index (χ4v) is 4.33. The van der Waals surface area contributed by atoms with E-state index in [2.05, 4.69) is 29.4 Å². The molecular formula is C23H31N5O2. The van der Waals surface area contributed by atoms with Crippen molar-refractivity contribution in [2.24, 2.45) is 17.6 Å². The molecule has 1 aliphatic heterocycles. The molecule has 2 atom stereocenters. The van der Waals surface area contributed by atoms with Crippen LogP contribution in [0.5, 0.6) is 0 Å². The Bertz CT molecular complexity index is 997. The molecule has 1 unspecified atom stereocenters. The van der Waals surface area contributed by atoms with Gasteiger partial charge >= 0.3 is 0 Å². The molecule has 1 saturated heterocycles. The Kier molecular flexibility index (Phi) is 6.72. The third kappa shape index (κ3) is 4.46. The topological polar surface area (TPSA) is 115 Å². The van der Waals surface area contributed by atoms with E-state index in [0.717, 1.165) is 12.8 Å². The van der Waals surface area contributed by atoms with Gasteiger partial charge in [-0.25, -0.2) is 0 Å². The standard InChI is InChI=1S/C23H31N5O2/c1-14-13-28(9-8-16(14)10-17-6-4-5-7-18(17)12-24)23(30)19-11-20(29)21(15(2)25)22(26-3)27-19/h4-7,11,14,16,25H,8-10,12-13,24H2,1-3H3,(H2,26,27,29)/t14-,16?/m1/s1. The highest BCUT2D eigenvalue weighted by Crippen LogP contribution is 2.28. The van der Waals surface area contributed by atoms with E-state index in [1.807, 2.05) is 17.0 Å². The fraction of sp³-hybridized carbons (Fsp3) is 0.435. The van der Waals surface area contributed by atoms with Crippen molar-refractivity contribution in [3.63, 3.8) is 0 Å². The van der Waals surface area contributed by atoms with Crippen molar-refractivity contribution in [3.05, 3.63) is 62.9 Å². The lowest BCUT2D eigenvalue weighted by Crippen LogP contribution is -2.44. The number of nitrogens with two attached hydrogens (primary N) is 1. The number of likely N-dealkylation sites (tertiary alicyclic amines) is 1. The Labute approximate surface area is 177 Å². The number of aromatic nitrogens is 1. The van der Waals surface area contributed by atoms with Gasteiger partial charge in [0.05, 0.1) is 5.56 Å². The highest BCUT2D eigenvalue weighted by Gasteiger charge is 2.30. The molecule has 7 heteroatoms. The normalized spacial score (nSPS) is 18.9. The second-order valence-electron chi connectivity index (χ2n) is 8.13. The molecule has 3 rings (SSSR count). The van der Waals surface area contributed by atoms with Crippen LogP contribution in [-0.2, 0) is 13.0 Å². The van der Waals surface area contributed by atoms with E-state index in [4.69, 9.17) is 11.1 Å². The smallest absolute Gasteiger partial charge is 0.270 e. The van der Waals surface area contributed by atoms with Gasteiger partial charge in [-0.2, -0.15) is 0 Å². The van der Waals surface area contributed by atoms with Gasteiger partial charge in [0.1, 0.15) is 11.5 Å². The number of hydrogen-bond donors (Lipinski definition) is 4. The van der Waals surface area contributed by atoms with Crippen LogP contribution in [0.1, 0.15) is 47.4 Å². The number of carbonyl (C=O) groups excluding carboxylic acids is 1. The van der Waals surface area contributed by atoms with Crippen LogP contribution in [0.2, 0.25) is 0 Å². The van der Waals surface area contributed by atoms with E-state index in [1.165, 1.54) is 17.2 Å². The van der Waals surface area contributed by atoms with Gasteiger partial charge in [0.25, 0.3) is 5.91 Å². The Balaban J connectivity index is 1.74. The van der Waals surface area contributed by atoms with E-state index >= 15 is 0 Å². The lowest BCUT2D eigenvalue weighted by atomic mass is 9.81. The molecule has 1 aromatic carbocycles. The third-order valence-corrected chi connectivity index (χ3v) is 6.08. The molecule has 1 fully saturated rings. The number of carbonyl (C=O) groups is 1. The number of benzene rings is 1. The minimum atomic E-state index is -0.324. The largest absolute Gasteiger partial charge is 0.374 e. The average molecular weight is 410 g/mol. The van der Waals surface area contributed by atoms with E-state index in [1.54, 1.807) is 14.0 Å². The summed E-state index contributed by atoms with van der Waals surface area (Å²) in [6, 6.07) is 9.59. The zero-order valence-corrected chi connectivity index (χ0v) is 17.9. The average Bonchev–Trinajstić information content (AvgIpc) is 2.73. The molecule has 1 aliphatic rings. The van der Waals surface area contributed by atoms with Crippen LogP contribution in [0.4, 0.5) is 5.82 Å². The lowest BCUT2D eigenvalue weighted by molar-refractivity contribution is 0.0607. The molecule has 0 saturated carbocycles. The van der Waals surface area contributed by atoms with E-state index < -0.39 is 0 Å². The van der Waals surface area contributed by atoms with Crippen LogP contribution < -0.4 is 16.5 Å². The van der Waals surface area contributed by atoms with Gasteiger partial charge in [-0.15, -0.1) is 0 Å². The summed E-state index contributed by atoms with van der Waals surface area (Å²) in [6.07, 6.45) is 1.87. The van der Waals surface area contributed by atoms with Gasteiger partial charge in [0.2, 0.25) is 0 Å². The van der Waals surface area contributed by atoms with Crippen molar-refractivity contribution in [2.75, 3.05) is 25.5 Å². The number of amides is 1. The predicted octanol–water partition coefficient (Wildman–Crippen LogP) is 2.60. The fourth-order valence-electron chi connectivity index (χ4n) is 4.33. The number of nitrogens with one attached hydrogen (secondary N) is 3. The molecule has 1 aromatic heterocycles. The molecule has 5 N–H and O–H groups in total. The van der Waals surface area contributed by atoms with Gasteiger partial charge in [-0.1, -0.05) is 31.2 Å². The molecule has 160 valence electrons. The Morgan fingerprint density at radius 2 is 2.03 bits per heavy atom. The van der Waals surface area contributed by atoms with Crippen LogP contribution in [0.25, 0.3) is 0 Å². The van der Waals surface area contributed by atoms with Gasteiger partial charge in [0, 0.05) is 38.5 Å². The number of hydrogen-bond acceptors (Lipinski definition) is 5. The van der Waals surface area contributed by atoms with E-state index in [0.29, 0.717) is 37.3 Å². The van der Waals surface area contributed by atoms with Crippen LogP contribution in [0.15, 0.2) is 35.1 Å². The minimum absolute atomic E-state index is 0.159. The molecule has 0 spiro atoms. The Morgan fingerprint density at radius 1 is 1.33 bits per heavy atom. The molecule has 30 heavy (non-hydrogen) atoms. The molecule has 7 nitrogen and oxygen atoms in total. The highest BCUT2D eigenvalue weighted by molar-refractivity contribution is 6.01. The summed E-state index contributed by atoms with van der Waals surface area (Å²) in [4.78, 5) is 30.3. The lowest BCUT2D eigenvalue weighted by Gasteiger charge is -2.37.